The highest BCUT2D eigenvalue weighted by atomic mass is 79.9. The first kappa shape index (κ1) is 10.8. The second-order valence-corrected chi connectivity index (χ2v) is 4.86. The van der Waals surface area contributed by atoms with Crippen molar-refractivity contribution in [3.8, 4) is 0 Å². The summed E-state index contributed by atoms with van der Waals surface area (Å²) in [6.07, 6.45) is 3.45. The van der Waals surface area contributed by atoms with Crippen molar-refractivity contribution in [2.75, 3.05) is 0 Å². The van der Waals surface area contributed by atoms with Crippen LogP contribution in [0.1, 0.15) is 24.8 Å². The van der Waals surface area contributed by atoms with Crippen LogP contribution in [0.2, 0.25) is 0 Å². The van der Waals surface area contributed by atoms with Crippen molar-refractivity contribution in [2.45, 2.75) is 25.7 Å². The minimum atomic E-state index is -0.253. The van der Waals surface area contributed by atoms with E-state index < -0.39 is 0 Å². The minimum Gasteiger partial charge on any atom is -0.299 e. The molecule has 0 aromatic heterocycles. The summed E-state index contributed by atoms with van der Waals surface area (Å²) in [6.45, 7) is 0. The molecule has 3 heteroatoms. The summed E-state index contributed by atoms with van der Waals surface area (Å²) >= 11 is 3.15. The summed E-state index contributed by atoms with van der Waals surface area (Å²) in [7, 11) is 0. The van der Waals surface area contributed by atoms with Crippen molar-refractivity contribution < 1.29 is 9.18 Å². The molecule has 1 aliphatic carbocycles. The highest BCUT2D eigenvalue weighted by Crippen LogP contribution is 2.26. The SMILES string of the molecule is O=C1CCCC1Cc1ccc(F)c(Br)c1. The lowest BCUT2D eigenvalue weighted by Crippen LogP contribution is -2.09. The van der Waals surface area contributed by atoms with Crippen LogP contribution < -0.4 is 0 Å². The fraction of sp³-hybridized carbons (Fsp3) is 0.417. The zero-order valence-electron chi connectivity index (χ0n) is 8.30. The van der Waals surface area contributed by atoms with E-state index in [9.17, 15) is 9.18 Å². The molecule has 0 spiro atoms. The molecule has 1 aliphatic rings. The first-order valence-electron chi connectivity index (χ1n) is 5.13. The molecule has 1 atom stereocenters. The lowest BCUT2D eigenvalue weighted by molar-refractivity contribution is -0.120. The molecule has 1 unspecified atom stereocenters. The van der Waals surface area contributed by atoms with Crippen molar-refractivity contribution in [1.82, 2.24) is 0 Å². The van der Waals surface area contributed by atoms with Crippen molar-refractivity contribution in [3.63, 3.8) is 0 Å². The van der Waals surface area contributed by atoms with Gasteiger partial charge in [0.2, 0.25) is 0 Å². The van der Waals surface area contributed by atoms with Gasteiger partial charge in [0, 0.05) is 12.3 Å². The van der Waals surface area contributed by atoms with E-state index in [0.29, 0.717) is 16.7 Å². The zero-order chi connectivity index (χ0) is 10.8. The molecular formula is C12H12BrFO. The number of benzene rings is 1. The Labute approximate surface area is 96.8 Å². The van der Waals surface area contributed by atoms with Crippen molar-refractivity contribution in [1.29, 1.82) is 0 Å². The maximum absolute atomic E-state index is 13.0. The lowest BCUT2D eigenvalue weighted by Gasteiger charge is -2.08. The van der Waals surface area contributed by atoms with Gasteiger partial charge in [0.15, 0.2) is 0 Å². The van der Waals surface area contributed by atoms with Crippen LogP contribution in [0.4, 0.5) is 4.39 Å². The first-order chi connectivity index (χ1) is 7.16. The van der Waals surface area contributed by atoms with Gasteiger partial charge in [0.1, 0.15) is 11.6 Å². The molecule has 0 saturated heterocycles. The number of hydrogen-bond donors (Lipinski definition) is 0. The van der Waals surface area contributed by atoms with Crippen LogP contribution in [0.15, 0.2) is 22.7 Å². The van der Waals surface area contributed by atoms with Crippen LogP contribution >= 0.6 is 15.9 Å². The number of rotatable bonds is 2. The molecule has 0 heterocycles. The van der Waals surface area contributed by atoms with Crippen molar-refractivity contribution in [3.05, 3.63) is 34.1 Å². The molecule has 0 N–H and O–H groups in total. The van der Waals surface area contributed by atoms with Gasteiger partial charge in [-0.2, -0.15) is 0 Å². The Morgan fingerprint density at radius 2 is 2.27 bits per heavy atom. The molecule has 1 aromatic carbocycles. The number of hydrogen-bond acceptors (Lipinski definition) is 1. The minimum absolute atomic E-state index is 0.155. The van der Waals surface area contributed by atoms with Crippen LogP contribution in [-0.4, -0.2) is 5.78 Å². The van der Waals surface area contributed by atoms with Crippen LogP contribution in [0, 0.1) is 11.7 Å². The molecule has 0 aliphatic heterocycles. The zero-order valence-corrected chi connectivity index (χ0v) is 9.89. The normalized spacial score (nSPS) is 20.9. The molecule has 15 heavy (non-hydrogen) atoms. The Morgan fingerprint density at radius 3 is 2.87 bits per heavy atom. The topological polar surface area (TPSA) is 17.1 Å². The number of carbonyl (C=O) groups excluding carboxylic acids is 1. The summed E-state index contributed by atoms with van der Waals surface area (Å²) in [5.74, 6) is 0.259. The Hall–Kier alpha value is -0.700. The van der Waals surface area contributed by atoms with E-state index >= 15 is 0 Å². The van der Waals surface area contributed by atoms with Gasteiger partial charge in [-0.15, -0.1) is 0 Å². The summed E-state index contributed by atoms with van der Waals surface area (Å²) in [5, 5.41) is 0. The van der Waals surface area contributed by atoms with Crippen LogP contribution in [-0.2, 0) is 11.2 Å². The highest BCUT2D eigenvalue weighted by Gasteiger charge is 2.24. The summed E-state index contributed by atoms with van der Waals surface area (Å²) in [4.78, 5) is 11.4. The monoisotopic (exact) mass is 270 g/mol. The Morgan fingerprint density at radius 1 is 1.47 bits per heavy atom. The summed E-state index contributed by atoms with van der Waals surface area (Å²) in [5.41, 5.74) is 1.03. The Balaban J connectivity index is 2.10. The van der Waals surface area contributed by atoms with Gasteiger partial charge >= 0.3 is 0 Å². The smallest absolute Gasteiger partial charge is 0.137 e. The Kier molecular flexibility index (Phi) is 3.19. The van der Waals surface area contributed by atoms with Gasteiger partial charge in [0.25, 0.3) is 0 Å². The molecule has 1 fully saturated rings. The van der Waals surface area contributed by atoms with Gasteiger partial charge in [-0.3, -0.25) is 4.79 Å². The standard InChI is InChI=1S/C12H12BrFO/c13-10-7-8(4-5-11(10)14)6-9-2-1-3-12(9)15/h4-5,7,9H,1-3,6H2. The molecule has 0 bridgehead atoms. The van der Waals surface area contributed by atoms with E-state index in [1.165, 1.54) is 6.07 Å². The number of ketones is 1. The van der Waals surface area contributed by atoms with E-state index in [-0.39, 0.29) is 11.7 Å². The van der Waals surface area contributed by atoms with E-state index in [1.807, 2.05) is 0 Å². The number of halogens is 2. The summed E-state index contributed by atoms with van der Waals surface area (Å²) < 4.78 is 13.5. The van der Waals surface area contributed by atoms with E-state index in [4.69, 9.17) is 0 Å². The van der Waals surface area contributed by atoms with Gasteiger partial charge < -0.3 is 0 Å². The predicted octanol–water partition coefficient (Wildman–Crippen LogP) is 3.50. The first-order valence-corrected chi connectivity index (χ1v) is 5.93. The molecule has 1 nitrogen and oxygen atoms in total. The Bertz CT molecular complexity index is 389. The fourth-order valence-corrected chi connectivity index (χ4v) is 2.48. The predicted molar refractivity (Wildman–Crippen MR) is 60.2 cm³/mol. The average Bonchev–Trinajstić information content (AvgIpc) is 2.59. The third kappa shape index (κ3) is 2.46. The fourth-order valence-electron chi connectivity index (χ4n) is 2.05. The van der Waals surface area contributed by atoms with Crippen LogP contribution in [0.5, 0.6) is 0 Å². The van der Waals surface area contributed by atoms with Crippen LogP contribution in [0.3, 0.4) is 0 Å². The van der Waals surface area contributed by atoms with Gasteiger partial charge in [-0.05, 0) is 52.9 Å². The maximum Gasteiger partial charge on any atom is 0.137 e. The van der Waals surface area contributed by atoms with Crippen LogP contribution in [0.25, 0.3) is 0 Å². The second kappa shape index (κ2) is 4.44. The molecule has 1 saturated carbocycles. The van der Waals surface area contributed by atoms with E-state index in [2.05, 4.69) is 15.9 Å². The largest absolute Gasteiger partial charge is 0.299 e. The number of carbonyl (C=O) groups is 1. The molecular weight excluding hydrogens is 259 g/mol. The van der Waals surface area contributed by atoms with Gasteiger partial charge in [-0.25, -0.2) is 4.39 Å². The van der Waals surface area contributed by atoms with Crippen molar-refractivity contribution in [2.24, 2.45) is 5.92 Å². The quantitative estimate of drug-likeness (QED) is 0.804. The molecule has 1 aromatic rings. The highest BCUT2D eigenvalue weighted by molar-refractivity contribution is 9.10. The third-order valence-electron chi connectivity index (χ3n) is 2.90. The summed E-state index contributed by atoms with van der Waals surface area (Å²) in [6, 6.07) is 4.96. The molecule has 0 amide bonds. The molecule has 0 radical (unpaired) electrons. The van der Waals surface area contributed by atoms with E-state index in [1.54, 1.807) is 12.1 Å². The molecule has 80 valence electrons. The lowest BCUT2D eigenvalue weighted by atomic mass is 9.97. The number of Topliss-reactive ketones (excluding diaryl/α,β-unsaturated/α-hetero) is 1. The van der Waals surface area contributed by atoms with Gasteiger partial charge in [0.05, 0.1) is 4.47 Å². The average molecular weight is 271 g/mol. The van der Waals surface area contributed by atoms with E-state index in [0.717, 1.165) is 24.8 Å². The van der Waals surface area contributed by atoms with Crippen molar-refractivity contribution >= 4 is 21.7 Å². The maximum atomic E-state index is 13.0. The third-order valence-corrected chi connectivity index (χ3v) is 3.50. The second-order valence-electron chi connectivity index (χ2n) is 4.01. The molecule has 2 rings (SSSR count). The van der Waals surface area contributed by atoms with Gasteiger partial charge in [-0.1, -0.05) is 6.07 Å².